The Morgan fingerprint density at radius 2 is 1.88 bits per heavy atom. The van der Waals surface area contributed by atoms with Gasteiger partial charge in [-0.3, -0.25) is 0 Å². The second-order valence-electron chi connectivity index (χ2n) is 7.27. The molecule has 0 unspecified atom stereocenters. The van der Waals surface area contributed by atoms with Gasteiger partial charge in [-0.05, 0) is 49.5 Å². The number of aryl methyl sites for hydroxylation is 2. The fraction of sp³-hybridized carbons (Fsp3) is 0.381. The second-order valence-corrected chi connectivity index (χ2v) is 7.27. The van der Waals surface area contributed by atoms with Crippen molar-refractivity contribution in [2.75, 3.05) is 25.5 Å². The Morgan fingerprint density at radius 3 is 2.79 bits per heavy atom. The van der Waals surface area contributed by atoms with Gasteiger partial charge in [0.1, 0.15) is 25.1 Å². The molecule has 3 nitrogen and oxygen atoms in total. The Hall–Kier alpha value is -2.29. The van der Waals surface area contributed by atoms with Crippen molar-refractivity contribution in [1.29, 1.82) is 0 Å². The van der Waals surface area contributed by atoms with Gasteiger partial charge in [-0.25, -0.2) is 4.58 Å². The van der Waals surface area contributed by atoms with E-state index in [2.05, 4.69) is 48.1 Å². The van der Waals surface area contributed by atoms with E-state index in [1.807, 2.05) is 0 Å². The van der Waals surface area contributed by atoms with Gasteiger partial charge in [0.25, 0.3) is 0 Å². The Morgan fingerprint density at radius 1 is 1.00 bits per heavy atom. The van der Waals surface area contributed by atoms with Gasteiger partial charge < -0.3 is 10.1 Å². The van der Waals surface area contributed by atoms with E-state index in [0.717, 1.165) is 31.0 Å². The van der Waals surface area contributed by atoms with Crippen LogP contribution < -0.4 is 25.2 Å². The van der Waals surface area contributed by atoms with Crippen LogP contribution in [0.25, 0.3) is 5.57 Å². The molecule has 0 aromatic heterocycles. The molecule has 0 bridgehead atoms. The van der Waals surface area contributed by atoms with Crippen molar-refractivity contribution in [1.82, 2.24) is 4.58 Å². The molecule has 2 aromatic rings. The Labute approximate surface area is 142 Å². The molecule has 3 heterocycles. The van der Waals surface area contributed by atoms with Gasteiger partial charge in [-0.1, -0.05) is 0 Å². The van der Waals surface area contributed by atoms with Crippen LogP contribution in [0.3, 0.4) is 0 Å². The minimum atomic E-state index is 0.992. The Kier molecular flexibility index (Phi) is 2.99. The van der Waals surface area contributed by atoms with Crippen molar-refractivity contribution in [2.45, 2.75) is 32.6 Å². The first kappa shape index (κ1) is 14.1. The molecule has 0 amide bonds. The standard InChI is InChI=1S/C21H22N2O/c1-13-16-9-14-5-3-7-22-18(14)11-20(16)24-21-12-19-15(10-17(13)21)6-4-8-23(19)2/h9-12H,3-8H2,1-2H3/p+1. The summed E-state index contributed by atoms with van der Waals surface area (Å²) in [6.45, 7) is 4.42. The van der Waals surface area contributed by atoms with Gasteiger partial charge in [0, 0.05) is 41.1 Å². The average molecular weight is 319 g/mol. The van der Waals surface area contributed by atoms with E-state index in [-0.39, 0.29) is 0 Å². The van der Waals surface area contributed by atoms with E-state index in [1.54, 1.807) is 0 Å². The van der Waals surface area contributed by atoms with Crippen molar-refractivity contribution in [2.24, 2.45) is 0 Å². The van der Waals surface area contributed by atoms with E-state index in [0.29, 0.717) is 0 Å². The molecule has 3 aliphatic heterocycles. The fourth-order valence-electron chi connectivity index (χ4n) is 4.31. The van der Waals surface area contributed by atoms with Crippen molar-refractivity contribution in [3.8, 4) is 11.5 Å². The third-order valence-electron chi connectivity index (χ3n) is 5.70. The molecule has 24 heavy (non-hydrogen) atoms. The maximum Gasteiger partial charge on any atom is 0.206 e. The van der Waals surface area contributed by atoms with Crippen LogP contribution in [-0.4, -0.2) is 20.1 Å². The highest BCUT2D eigenvalue weighted by molar-refractivity contribution is 5.77. The summed E-state index contributed by atoms with van der Waals surface area (Å²) in [5, 5.41) is 6.10. The zero-order valence-corrected chi connectivity index (χ0v) is 14.4. The normalized spacial score (nSPS) is 17.9. The number of rotatable bonds is 0. The SMILES string of the molecule is CC1=c2cc3c(cc2Oc2cc4c(cc21)CCCN4)=[N+](C)CCC3. The molecule has 0 atom stereocenters. The minimum absolute atomic E-state index is 0.992. The molecule has 1 N–H and O–H groups in total. The van der Waals surface area contributed by atoms with Crippen LogP contribution in [0.2, 0.25) is 0 Å². The second kappa shape index (κ2) is 5.10. The number of nitrogens with zero attached hydrogens (tertiary/aromatic N) is 1. The monoisotopic (exact) mass is 319 g/mol. The third kappa shape index (κ3) is 2.00. The van der Waals surface area contributed by atoms with Crippen LogP contribution in [0, 0.1) is 0 Å². The highest BCUT2D eigenvalue weighted by atomic mass is 16.5. The van der Waals surface area contributed by atoms with Crippen molar-refractivity contribution in [3.05, 3.63) is 51.5 Å². The Balaban J connectivity index is 1.78. The van der Waals surface area contributed by atoms with Crippen LogP contribution in [0.1, 0.15) is 36.5 Å². The van der Waals surface area contributed by atoms with Gasteiger partial charge in [0.2, 0.25) is 5.36 Å². The predicted octanol–water partition coefficient (Wildman–Crippen LogP) is 2.44. The molecule has 0 fully saturated rings. The summed E-state index contributed by atoms with van der Waals surface area (Å²) in [5.74, 6) is 2.00. The summed E-state index contributed by atoms with van der Waals surface area (Å²) in [7, 11) is 2.18. The number of benzene rings is 2. The first-order valence-corrected chi connectivity index (χ1v) is 9.02. The largest absolute Gasteiger partial charge is 0.456 e. The van der Waals surface area contributed by atoms with E-state index in [4.69, 9.17) is 4.74 Å². The number of ether oxygens (including phenoxy) is 1. The number of hydrogen-bond donors (Lipinski definition) is 1. The fourth-order valence-corrected chi connectivity index (χ4v) is 4.31. The van der Waals surface area contributed by atoms with E-state index in [9.17, 15) is 0 Å². The smallest absolute Gasteiger partial charge is 0.206 e. The quantitative estimate of drug-likeness (QED) is 0.754. The van der Waals surface area contributed by atoms with Crippen LogP contribution in [0.15, 0.2) is 24.3 Å². The molecular weight excluding hydrogens is 296 g/mol. The third-order valence-corrected chi connectivity index (χ3v) is 5.70. The molecule has 2 aromatic carbocycles. The topological polar surface area (TPSA) is 24.3 Å². The number of hydrogen-bond acceptors (Lipinski definition) is 2. The molecule has 122 valence electrons. The highest BCUT2D eigenvalue weighted by Crippen LogP contribution is 2.37. The lowest BCUT2D eigenvalue weighted by Crippen LogP contribution is -2.36. The molecule has 0 saturated carbocycles. The summed E-state index contributed by atoms with van der Waals surface area (Å²) in [5.41, 5.74) is 6.72. The molecule has 5 rings (SSSR count). The lowest BCUT2D eigenvalue weighted by atomic mass is 9.93. The lowest BCUT2D eigenvalue weighted by molar-refractivity contribution is 0.467. The summed E-state index contributed by atoms with van der Waals surface area (Å²) < 4.78 is 8.69. The van der Waals surface area contributed by atoms with Crippen LogP contribution in [0.5, 0.6) is 11.5 Å². The first-order chi connectivity index (χ1) is 11.7. The molecule has 3 heteroatoms. The molecule has 0 aliphatic carbocycles. The summed E-state index contributed by atoms with van der Waals surface area (Å²) in [6, 6.07) is 9.12. The van der Waals surface area contributed by atoms with Crippen molar-refractivity contribution < 1.29 is 4.74 Å². The highest BCUT2D eigenvalue weighted by Gasteiger charge is 2.23. The molecule has 0 spiro atoms. The maximum absolute atomic E-state index is 6.34. The van der Waals surface area contributed by atoms with Gasteiger partial charge in [-0.15, -0.1) is 0 Å². The van der Waals surface area contributed by atoms with Gasteiger partial charge in [0.05, 0.1) is 6.07 Å². The predicted molar refractivity (Wildman–Crippen MR) is 97.6 cm³/mol. The first-order valence-electron chi connectivity index (χ1n) is 9.02. The van der Waals surface area contributed by atoms with Crippen LogP contribution in [-0.2, 0) is 12.8 Å². The number of nitrogens with one attached hydrogen (secondary N) is 1. The van der Waals surface area contributed by atoms with Crippen LogP contribution in [0.4, 0.5) is 5.69 Å². The van der Waals surface area contributed by atoms with E-state index >= 15 is 0 Å². The van der Waals surface area contributed by atoms with E-state index < -0.39 is 0 Å². The number of fused-ring (bicyclic) bond motifs is 4. The van der Waals surface area contributed by atoms with Crippen molar-refractivity contribution >= 4 is 11.3 Å². The molecule has 0 saturated heterocycles. The average Bonchev–Trinajstić information content (AvgIpc) is 2.60. The Bertz CT molecular complexity index is 988. The summed E-state index contributed by atoms with van der Waals surface area (Å²) >= 11 is 0. The zero-order valence-electron chi connectivity index (χ0n) is 14.4. The molecule has 0 radical (unpaired) electrons. The maximum atomic E-state index is 6.34. The summed E-state index contributed by atoms with van der Waals surface area (Å²) in [4.78, 5) is 0. The minimum Gasteiger partial charge on any atom is -0.456 e. The zero-order chi connectivity index (χ0) is 16.3. The van der Waals surface area contributed by atoms with Gasteiger partial charge in [0.15, 0.2) is 0 Å². The lowest BCUT2D eigenvalue weighted by Gasteiger charge is -2.24. The van der Waals surface area contributed by atoms with Gasteiger partial charge in [-0.2, -0.15) is 0 Å². The van der Waals surface area contributed by atoms with Crippen molar-refractivity contribution in [3.63, 3.8) is 0 Å². The van der Waals surface area contributed by atoms with E-state index in [1.165, 1.54) is 57.8 Å². The number of anilines is 1. The molecule has 3 aliphatic rings. The van der Waals surface area contributed by atoms with Gasteiger partial charge >= 0.3 is 0 Å². The molecular formula is C21H23N2O+. The van der Waals surface area contributed by atoms with Crippen LogP contribution >= 0.6 is 0 Å². The summed E-state index contributed by atoms with van der Waals surface area (Å²) in [6.07, 6.45) is 4.77.